The molecular weight excluding hydrogens is 366 g/mol. The average Bonchev–Trinajstić information content (AvgIpc) is 3.23. The number of tetrazole rings is 1. The summed E-state index contributed by atoms with van der Waals surface area (Å²) in [6.07, 6.45) is 0. The second-order valence-electron chi connectivity index (χ2n) is 7.00. The van der Waals surface area contributed by atoms with Crippen LogP contribution in [0.25, 0.3) is 11.4 Å². The molecule has 0 unspecified atom stereocenters. The first kappa shape index (κ1) is 19.1. The highest BCUT2D eigenvalue weighted by Crippen LogP contribution is 2.26. The number of piperazine rings is 1. The van der Waals surface area contributed by atoms with Crippen LogP contribution >= 0.6 is 0 Å². The minimum atomic E-state index is -0.179. The summed E-state index contributed by atoms with van der Waals surface area (Å²) in [4.78, 5) is 18.7. The number of hydrogen-bond donors (Lipinski definition) is 1. The van der Waals surface area contributed by atoms with Crippen LogP contribution in [0.4, 0.5) is 11.4 Å². The zero-order valence-corrected chi connectivity index (χ0v) is 16.5. The summed E-state index contributed by atoms with van der Waals surface area (Å²) >= 11 is 0. The Morgan fingerprint density at radius 3 is 2.48 bits per heavy atom. The van der Waals surface area contributed by atoms with Gasteiger partial charge in [-0.05, 0) is 23.9 Å². The molecule has 2 heterocycles. The molecule has 2 aromatic carbocycles. The largest absolute Gasteiger partial charge is 0.367 e. The van der Waals surface area contributed by atoms with E-state index in [1.54, 1.807) is 0 Å². The fourth-order valence-corrected chi connectivity index (χ4v) is 3.49. The Kier molecular flexibility index (Phi) is 5.81. The van der Waals surface area contributed by atoms with Crippen molar-refractivity contribution in [2.24, 2.45) is 0 Å². The van der Waals surface area contributed by atoms with E-state index in [4.69, 9.17) is 0 Å². The standard InChI is InChI=1S/C21H25N7O/c1-2-26-12-14-27(15-13-26)19-11-7-6-10-18(19)22-20(29)16-28-24-21(23-25-28)17-8-4-3-5-9-17/h3-11H,2,12-16H2,1H3,(H,22,29). The number of carbonyl (C=O) groups is 1. The minimum Gasteiger partial charge on any atom is -0.367 e. The number of nitrogens with one attached hydrogen (secondary N) is 1. The quantitative estimate of drug-likeness (QED) is 0.693. The van der Waals surface area contributed by atoms with Crippen LogP contribution in [-0.2, 0) is 11.3 Å². The normalized spacial score (nSPS) is 14.7. The van der Waals surface area contributed by atoms with Gasteiger partial charge in [0.1, 0.15) is 6.54 Å². The maximum absolute atomic E-state index is 12.6. The maximum atomic E-state index is 12.6. The van der Waals surface area contributed by atoms with E-state index in [-0.39, 0.29) is 12.5 Å². The molecule has 3 aromatic rings. The lowest BCUT2D eigenvalue weighted by molar-refractivity contribution is -0.117. The first-order chi connectivity index (χ1) is 14.2. The van der Waals surface area contributed by atoms with Crippen molar-refractivity contribution in [3.8, 4) is 11.4 Å². The van der Waals surface area contributed by atoms with Gasteiger partial charge in [0, 0.05) is 31.7 Å². The second-order valence-corrected chi connectivity index (χ2v) is 7.00. The van der Waals surface area contributed by atoms with Crippen molar-refractivity contribution in [1.29, 1.82) is 0 Å². The van der Waals surface area contributed by atoms with Gasteiger partial charge in [0.05, 0.1) is 11.4 Å². The number of carbonyl (C=O) groups excluding carboxylic acids is 1. The highest BCUT2D eigenvalue weighted by Gasteiger charge is 2.19. The lowest BCUT2D eigenvalue weighted by Crippen LogP contribution is -2.46. The monoisotopic (exact) mass is 391 g/mol. The van der Waals surface area contributed by atoms with Gasteiger partial charge >= 0.3 is 0 Å². The number of para-hydroxylation sites is 2. The molecule has 1 saturated heterocycles. The van der Waals surface area contributed by atoms with Crippen LogP contribution in [0.3, 0.4) is 0 Å². The topological polar surface area (TPSA) is 79.2 Å². The van der Waals surface area contributed by atoms with E-state index in [9.17, 15) is 4.79 Å². The first-order valence-electron chi connectivity index (χ1n) is 9.92. The highest BCUT2D eigenvalue weighted by atomic mass is 16.2. The number of likely N-dealkylation sites (N-methyl/N-ethyl adjacent to an activating group) is 1. The molecule has 0 radical (unpaired) electrons. The van der Waals surface area contributed by atoms with Crippen molar-refractivity contribution < 1.29 is 4.79 Å². The third kappa shape index (κ3) is 4.60. The third-order valence-corrected chi connectivity index (χ3v) is 5.11. The van der Waals surface area contributed by atoms with E-state index in [1.165, 1.54) is 4.80 Å². The van der Waals surface area contributed by atoms with E-state index < -0.39 is 0 Å². The number of amides is 1. The Labute approximate surface area is 170 Å². The van der Waals surface area contributed by atoms with Gasteiger partial charge in [-0.1, -0.05) is 49.4 Å². The van der Waals surface area contributed by atoms with Crippen molar-refractivity contribution in [3.63, 3.8) is 0 Å². The summed E-state index contributed by atoms with van der Waals surface area (Å²) in [6.45, 7) is 7.23. The summed E-state index contributed by atoms with van der Waals surface area (Å²) in [5.74, 6) is 0.328. The van der Waals surface area contributed by atoms with Gasteiger partial charge in [0.15, 0.2) is 0 Å². The lowest BCUT2D eigenvalue weighted by atomic mass is 10.2. The van der Waals surface area contributed by atoms with Gasteiger partial charge in [0.2, 0.25) is 11.7 Å². The summed E-state index contributed by atoms with van der Waals surface area (Å²) in [6, 6.07) is 17.5. The molecule has 29 heavy (non-hydrogen) atoms. The second kappa shape index (κ2) is 8.83. The fourth-order valence-electron chi connectivity index (χ4n) is 3.49. The van der Waals surface area contributed by atoms with E-state index in [1.807, 2.05) is 48.5 Å². The van der Waals surface area contributed by atoms with Gasteiger partial charge in [0.25, 0.3) is 0 Å². The van der Waals surface area contributed by atoms with Gasteiger partial charge < -0.3 is 15.1 Å². The molecule has 0 spiro atoms. The van der Waals surface area contributed by atoms with Crippen LogP contribution in [0.15, 0.2) is 54.6 Å². The zero-order chi connectivity index (χ0) is 20.1. The first-order valence-corrected chi connectivity index (χ1v) is 9.92. The SMILES string of the molecule is CCN1CCN(c2ccccc2NC(=O)Cn2nnc(-c3ccccc3)n2)CC1. The van der Waals surface area contributed by atoms with Crippen LogP contribution in [0.2, 0.25) is 0 Å². The molecule has 1 aromatic heterocycles. The molecule has 0 aliphatic carbocycles. The predicted molar refractivity (Wildman–Crippen MR) is 113 cm³/mol. The van der Waals surface area contributed by atoms with Crippen LogP contribution in [0.5, 0.6) is 0 Å². The predicted octanol–water partition coefficient (Wildman–Crippen LogP) is 2.12. The summed E-state index contributed by atoms with van der Waals surface area (Å²) < 4.78 is 0. The molecule has 1 aliphatic heterocycles. The number of anilines is 2. The van der Waals surface area contributed by atoms with E-state index >= 15 is 0 Å². The molecule has 0 atom stereocenters. The Bertz CT molecular complexity index is 948. The molecule has 0 saturated carbocycles. The smallest absolute Gasteiger partial charge is 0.248 e. The van der Waals surface area contributed by atoms with E-state index in [0.717, 1.165) is 49.7 Å². The number of nitrogens with zero attached hydrogens (tertiary/aromatic N) is 6. The molecular formula is C21H25N7O. The third-order valence-electron chi connectivity index (χ3n) is 5.11. The Hall–Kier alpha value is -3.26. The van der Waals surface area contributed by atoms with Crippen LogP contribution in [0, 0.1) is 0 Å². The highest BCUT2D eigenvalue weighted by molar-refractivity contribution is 5.94. The summed E-state index contributed by atoms with van der Waals surface area (Å²) in [5, 5.41) is 15.4. The van der Waals surface area contributed by atoms with E-state index in [2.05, 4.69) is 43.5 Å². The molecule has 8 nitrogen and oxygen atoms in total. The summed E-state index contributed by atoms with van der Waals surface area (Å²) in [7, 11) is 0. The van der Waals surface area contributed by atoms with Crippen molar-refractivity contribution in [1.82, 2.24) is 25.1 Å². The Balaban J connectivity index is 1.41. The average molecular weight is 391 g/mol. The van der Waals surface area contributed by atoms with Gasteiger partial charge in [-0.25, -0.2) is 0 Å². The Morgan fingerprint density at radius 1 is 1.00 bits per heavy atom. The number of rotatable bonds is 6. The number of hydrogen-bond acceptors (Lipinski definition) is 6. The van der Waals surface area contributed by atoms with Crippen molar-refractivity contribution in [3.05, 3.63) is 54.6 Å². The zero-order valence-electron chi connectivity index (χ0n) is 16.5. The number of aromatic nitrogens is 4. The molecule has 150 valence electrons. The van der Waals surface area contributed by atoms with Gasteiger partial charge in [-0.15, -0.1) is 10.2 Å². The molecule has 1 fully saturated rings. The van der Waals surface area contributed by atoms with Crippen LogP contribution in [0.1, 0.15) is 6.92 Å². The molecule has 4 rings (SSSR count). The molecule has 1 N–H and O–H groups in total. The van der Waals surface area contributed by atoms with Crippen molar-refractivity contribution in [2.75, 3.05) is 42.9 Å². The van der Waals surface area contributed by atoms with Crippen LogP contribution < -0.4 is 10.2 Å². The number of benzene rings is 2. The lowest BCUT2D eigenvalue weighted by Gasteiger charge is -2.36. The molecule has 1 amide bonds. The fraction of sp³-hybridized carbons (Fsp3) is 0.333. The van der Waals surface area contributed by atoms with Gasteiger partial charge in [-0.3, -0.25) is 4.79 Å². The molecule has 8 heteroatoms. The Morgan fingerprint density at radius 2 is 1.72 bits per heavy atom. The minimum absolute atomic E-state index is 0.0117. The van der Waals surface area contributed by atoms with Crippen molar-refractivity contribution >= 4 is 17.3 Å². The molecule has 1 aliphatic rings. The molecule has 0 bridgehead atoms. The maximum Gasteiger partial charge on any atom is 0.248 e. The van der Waals surface area contributed by atoms with Crippen LogP contribution in [-0.4, -0.2) is 63.7 Å². The van der Waals surface area contributed by atoms with Gasteiger partial charge in [-0.2, -0.15) is 4.80 Å². The van der Waals surface area contributed by atoms with E-state index in [0.29, 0.717) is 5.82 Å². The summed E-state index contributed by atoms with van der Waals surface area (Å²) in [5.41, 5.74) is 2.73. The van der Waals surface area contributed by atoms with Crippen molar-refractivity contribution in [2.45, 2.75) is 13.5 Å².